The van der Waals surface area contributed by atoms with Gasteiger partial charge in [0.05, 0.1) is 11.8 Å². The molecule has 0 radical (unpaired) electrons. The molecule has 1 atom stereocenters. The zero-order valence-electron chi connectivity index (χ0n) is 13.9. The van der Waals surface area contributed by atoms with Crippen molar-refractivity contribution in [1.82, 2.24) is 15.5 Å². The molecule has 7 heteroatoms. The van der Waals surface area contributed by atoms with Crippen LogP contribution in [-0.2, 0) is 4.74 Å². The maximum Gasteiger partial charge on any atom is 0.251 e. The summed E-state index contributed by atoms with van der Waals surface area (Å²) >= 11 is 0. The van der Waals surface area contributed by atoms with Gasteiger partial charge in [0, 0.05) is 29.7 Å². The van der Waals surface area contributed by atoms with Crippen molar-refractivity contribution in [3.8, 4) is 11.3 Å². The lowest BCUT2D eigenvalue weighted by Crippen LogP contribution is -2.31. The molecule has 1 aliphatic rings. The minimum absolute atomic E-state index is 0.00399. The number of carbonyl (C=O) groups excluding carboxylic acids is 1. The lowest BCUT2D eigenvalue weighted by atomic mass is 10.0. The van der Waals surface area contributed by atoms with Gasteiger partial charge in [0.15, 0.2) is 5.82 Å². The normalized spacial score (nSPS) is 16.9. The van der Waals surface area contributed by atoms with E-state index in [2.05, 4.69) is 15.5 Å². The van der Waals surface area contributed by atoms with E-state index in [1.54, 1.807) is 18.2 Å². The van der Waals surface area contributed by atoms with Gasteiger partial charge in [-0.2, -0.15) is 5.10 Å². The van der Waals surface area contributed by atoms with Gasteiger partial charge in [-0.15, -0.1) is 0 Å². The van der Waals surface area contributed by atoms with Crippen LogP contribution in [0.3, 0.4) is 0 Å². The minimum Gasteiger partial charge on any atom is -0.376 e. The number of hydrogen-bond acceptors (Lipinski definition) is 3. The summed E-state index contributed by atoms with van der Waals surface area (Å²) in [5, 5.41) is 9.89. The first-order chi connectivity index (χ1) is 12.6. The smallest absolute Gasteiger partial charge is 0.251 e. The third kappa shape index (κ3) is 3.17. The lowest BCUT2D eigenvalue weighted by molar-refractivity contribution is 0.0857. The molecule has 0 aliphatic carbocycles. The second-order valence-electron chi connectivity index (χ2n) is 6.31. The minimum atomic E-state index is -0.608. The summed E-state index contributed by atoms with van der Waals surface area (Å²) in [5.41, 5.74) is 1.29. The highest BCUT2D eigenvalue weighted by molar-refractivity contribution is 6.01. The molecule has 2 aromatic carbocycles. The van der Waals surface area contributed by atoms with Gasteiger partial charge in [-0.05, 0) is 37.1 Å². The zero-order chi connectivity index (χ0) is 18.1. The van der Waals surface area contributed by atoms with Crippen LogP contribution in [0.15, 0.2) is 36.4 Å². The van der Waals surface area contributed by atoms with E-state index in [1.165, 1.54) is 12.1 Å². The molecule has 1 aliphatic heterocycles. The van der Waals surface area contributed by atoms with E-state index >= 15 is 0 Å². The third-order valence-electron chi connectivity index (χ3n) is 4.50. The van der Waals surface area contributed by atoms with Crippen LogP contribution >= 0.6 is 0 Å². The number of rotatable bonds is 4. The highest BCUT2D eigenvalue weighted by atomic mass is 19.1. The topological polar surface area (TPSA) is 67.0 Å². The van der Waals surface area contributed by atoms with Crippen LogP contribution in [0, 0.1) is 11.6 Å². The van der Waals surface area contributed by atoms with Crippen LogP contribution < -0.4 is 5.32 Å². The van der Waals surface area contributed by atoms with Gasteiger partial charge >= 0.3 is 0 Å². The summed E-state index contributed by atoms with van der Waals surface area (Å²) < 4.78 is 33.4. The van der Waals surface area contributed by atoms with Crippen molar-refractivity contribution < 1.29 is 18.3 Å². The summed E-state index contributed by atoms with van der Waals surface area (Å²) in [7, 11) is 0. The number of nitrogens with zero attached hydrogens (tertiary/aromatic N) is 1. The second kappa shape index (κ2) is 6.84. The van der Waals surface area contributed by atoms with Gasteiger partial charge in [0.1, 0.15) is 11.3 Å². The predicted molar refractivity (Wildman–Crippen MR) is 92.8 cm³/mol. The van der Waals surface area contributed by atoms with E-state index in [9.17, 15) is 13.6 Å². The fourth-order valence-corrected chi connectivity index (χ4v) is 3.18. The zero-order valence-corrected chi connectivity index (χ0v) is 13.9. The van der Waals surface area contributed by atoms with Crippen molar-refractivity contribution in [2.75, 3.05) is 13.2 Å². The van der Waals surface area contributed by atoms with Crippen molar-refractivity contribution in [2.24, 2.45) is 0 Å². The van der Waals surface area contributed by atoms with Gasteiger partial charge in [0.25, 0.3) is 5.91 Å². The Kier molecular flexibility index (Phi) is 4.38. The first-order valence-corrected chi connectivity index (χ1v) is 8.45. The monoisotopic (exact) mass is 357 g/mol. The molecule has 0 bridgehead atoms. The number of carbonyl (C=O) groups is 1. The van der Waals surface area contributed by atoms with Crippen molar-refractivity contribution in [1.29, 1.82) is 0 Å². The number of fused-ring (bicyclic) bond motifs is 1. The average Bonchev–Trinajstić information content (AvgIpc) is 3.29. The molecule has 1 aromatic heterocycles. The van der Waals surface area contributed by atoms with Crippen LogP contribution in [0.4, 0.5) is 8.78 Å². The van der Waals surface area contributed by atoms with Gasteiger partial charge in [-0.1, -0.05) is 12.1 Å². The Morgan fingerprint density at radius 3 is 2.96 bits per heavy atom. The van der Waals surface area contributed by atoms with Gasteiger partial charge < -0.3 is 10.1 Å². The summed E-state index contributed by atoms with van der Waals surface area (Å²) in [4.78, 5) is 12.4. The predicted octanol–water partition coefficient (Wildman–Crippen LogP) is 3.42. The number of H-pyrrole nitrogens is 1. The maximum absolute atomic E-state index is 14.4. The van der Waals surface area contributed by atoms with E-state index in [4.69, 9.17) is 4.74 Å². The molecule has 3 aromatic rings. The van der Waals surface area contributed by atoms with Crippen LogP contribution in [0.5, 0.6) is 0 Å². The second-order valence-corrected chi connectivity index (χ2v) is 6.31. The van der Waals surface area contributed by atoms with Crippen LogP contribution in [-0.4, -0.2) is 35.4 Å². The van der Waals surface area contributed by atoms with E-state index in [0.717, 1.165) is 18.9 Å². The molecule has 2 N–H and O–H groups in total. The van der Waals surface area contributed by atoms with Crippen LogP contribution in [0.1, 0.15) is 23.2 Å². The molecule has 0 unspecified atom stereocenters. The molecule has 134 valence electrons. The number of amides is 1. The Morgan fingerprint density at radius 2 is 2.19 bits per heavy atom. The van der Waals surface area contributed by atoms with Crippen molar-refractivity contribution >= 4 is 16.8 Å². The largest absolute Gasteiger partial charge is 0.376 e. The average molecular weight is 357 g/mol. The Morgan fingerprint density at radius 1 is 1.31 bits per heavy atom. The van der Waals surface area contributed by atoms with Gasteiger partial charge in [-0.3, -0.25) is 9.89 Å². The number of benzene rings is 2. The molecule has 0 saturated carbocycles. The van der Waals surface area contributed by atoms with Crippen molar-refractivity contribution in [3.63, 3.8) is 0 Å². The molecule has 1 amide bonds. The summed E-state index contributed by atoms with van der Waals surface area (Å²) in [6.45, 7) is 1.09. The Labute approximate surface area is 148 Å². The first kappa shape index (κ1) is 16.7. The molecular formula is C19H17F2N3O2. The number of hydrogen-bond donors (Lipinski definition) is 2. The standard InChI is InChI=1S/C19H17F2N3O2/c20-13-4-1-3-11(7-13)17-15-8-12(9-16(21)18(15)24-23-17)19(25)22-10-14-5-2-6-26-14/h1,3-4,7-9,14H,2,5-6,10H2,(H,22,25)(H,23,24)/t14-/m1/s1. The van der Waals surface area contributed by atoms with Crippen molar-refractivity contribution in [2.45, 2.75) is 18.9 Å². The molecule has 1 fully saturated rings. The molecule has 26 heavy (non-hydrogen) atoms. The van der Waals surface area contributed by atoms with E-state index in [1.807, 2.05) is 0 Å². The maximum atomic E-state index is 14.4. The highest BCUT2D eigenvalue weighted by Gasteiger charge is 2.19. The fraction of sp³-hybridized carbons (Fsp3) is 0.263. The van der Waals surface area contributed by atoms with E-state index < -0.39 is 11.6 Å². The SMILES string of the molecule is O=C(NC[C@H]1CCCO1)c1cc(F)c2n[nH]c(-c3cccc(F)c3)c2c1. The molecule has 4 rings (SSSR count). The van der Waals surface area contributed by atoms with Crippen molar-refractivity contribution in [3.05, 3.63) is 53.6 Å². The number of aromatic nitrogens is 2. The van der Waals surface area contributed by atoms with Gasteiger partial charge in [-0.25, -0.2) is 8.78 Å². The number of nitrogens with one attached hydrogen (secondary N) is 2. The number of halogens is 2. The third-order valence-corrected chi connectivity index (χ3v) is 4.50. The van der Waals surface area contributed by atoms with E-state index in [-0.39, 0.29) is 23.1 Å². The molecule has 2 heterocycles. The number of aromatic amines is 1. The first-order valence-electron chi connectivity index (χ1n) is 8.45. The highest BCUT2D eigenvalue weighted by Crippen LogP contribution is 2.29. The fourth-order valence-electron chi connectivity index (χ4n) is 3.18. The Balaban J connectivity index is 1.66. The Hall–Kier alpha value is -2.80. The van der Waals surface area contributed by atoms with Gasteiger partial charge in [0.2, 0.25) is 0 Å². The quantitative estimate of drug-likeness (QED) is 0.752. The Bertz CT molecular complexity index is 965. The molecule has 0 spiro atoms. The van der Waals surface area contributed by atoms with E-state index in [0.29, 0.717) is 29.8 Å². The summed E-state index contributed by atoms with van der Waals surface area (Å²) in [6, 6.07) is 8.63. The summed E-state index contributed by atoms with van der Waals surface area (Å²) in [5.74, 6) is -1.40. The molecule has 1 saturated heterocycles. The van der Waals surface area contributed by atoms with Crippen LogP contribution in [0.25, 0.3) is 22.2 Å². The lowest BCUT2D eigenvalue weighted by Gasteiger charge is -2.11. The molecular weight excluding hydrogens is 340 g/mol. The summed E-state index contributed by atoms with van der Waals surface area (Å²) in [6.07, 6.45) is 1.89. The molecule has 5 nitrogen and oxygen atoms in total. The van der Waals surface area contributed by atoms with Crippen LogP contribution in [0.2, 0.25) is 0 Å². The number of ether oxygens (including phenoxy) is 1.